The van der Waals surface area contributed by atoms with Crippen molar-refractivity contribution in [1.82, 2.24) is 0 Å². The van der Waals surface area contributed by atoms with E-state index < -0.39 is 11.9 Å². The molecule has 0 aliphatic carbocycles. The van der Waals surface area contributed by atoms with Crippen molar-refractivity contribution in [1.29, 1.82) is 0 Å². The Hall–Kier alpha value is -3.14. The van der Waals surface area contributed by atoms with Crippen LogP contribution >= 0.6 is 0 Å². The van der Waals surface area contributed by atoms with Crippen molar-refractivity contribution in [3.05, 3.63) is 86.2 Å². The summed E-state index contributed by atoms with van der Waals surface area (Å²) < 4.78 is 11.5. The highest BCUT2D eigenvalue weighted by Crippen LogP contribution is 2.30. The average molecular weight is 659 g/mol. The highest BCUT2D eigenvalue weighted by atomic mass is 16.5. The van der Waals surface area contributed by atoms with Gasteiger partial charge in [-0.2, -0.15) is 0 Å². The molecule has 0 unspecified atom stereocenters. The Labute approximate surface area is 294 Å². The van der Waals surface area contributed by atoms with E-state index in [1.807, 2.05) is 152 Å². The first-order chi connectivity index (χ1) is 22.5. The molecule has 0 heterocycles. The van der Waals surface area contributed by atoms with Crippen molar-refractivity contribution >= 4 is 11.9 Å². The summed E-state index contributed by atoms with van der Waals surface area (Å²) in [5, 5.41) is 0. The summed E-state index contributed by atoms with van der Waals surface area (Å²) in [4.78, 5) is 26.0. The van der Waals surface area contributed by atoms with Gasteiger partial charge in [-0.15, -0.1) is 0 Å². The number of ether oxygens (including phenoxy) is 2. The van der Waals surface area contributed by atoms with Gasteiger partial charge in [0.25, 0.3) is 0 Å². The maximum Gasteiger partial charge on any atom is 0.343 e. The van der Waals surface area contributed by atoms with Crippen LogP contribution < -0.4 is 4.74 Å². The molecule has 0 saturated heterocycles. The molecule has 274 valence electrons. The van der Waals surface area contributed by atoms with E-state index in [9.17, 15) is 9.59 Å². The second-order valence-corrected chi connectivity index (χ2v) is 8.65. The van der Waals surface area contributed by atoms with E-state index in [1.54, 1.807) is 18.2 Å². The molecule has 0 spiro atoms. The normalized spacial score (nSPS) is 9.55. The number of hydrogen-bond acceptors (Lipinski definition) is 4. The Morgan fingerprint density at radius 3 is 1.34 bits per heavy atom. The number of aryl methyl sites for hydroxylation is 3. The molecular formula is C43H78O4. The van der Waals surface area contributed by atoms with Crippen LogP contribution in [-0.2, 0) is 4.74 Å². The molecule has 0 saturated carbocycles. The smallest absolute Gasteiger partial charge is 0.343 e. The van der Waals surface area contributed by atoms with Gasteiger partial charge in [0.05, 0.1) is 11.1 Å². The van der Waals surface area contributed by atoms with E-state index in [1.165, 1.54) is 0 Å². The van der Waals surface area contributed by atoms with E-state index in [4.69, 9.17) is 9.47 Å². The van der Waals surface area contributed by atoms with Crippen LogP contribution in [0.3, 0.4) is 0 Å². The molecule has 0 fully saturated rings. The fraction of sp³-hybridized carbons (Fsp3) is 0.581. The molecule has 2 aromatic carbocycles. The molecule has 0 aromatic heterocycles. The Kier molecular flexibility index (Phi) is 44.6. The highest BCUT2D eigenvalue weighted by molar-refractivity contribution is 5.97. The number of hydrogen-bond donors (Lipinski definition) is 0. The maximum atomic E-state index is 13.0. The quantitative estimate of drug-likeness (QED) is 0.129. The van der Waals surface area contributed by atoms with Crippen LogP contribution in [0.1, 0.15) is 186 Å². The van der Waals surface area contributed by atoms with E-state index >= 15 is 0 Å². The van der Waals surface area contributed by atoms with E-state index in [0.29, 0.717) is 29.1 Å². The van der Waals surface area contributed by atoms with Gasteiger partial charge in [-0.25, -0.2) is 9.59 Å². The fourth-order valence-corrected chi connectivity index (χ4v) is 3.77. The molecule has 47 heavy (non-hydrogen) atoms. The Morgan fingerprint density at radius 1 is 0.596 bits per heavy atom. The zero-order valence-electron chi connectivity index (χ0n) is 35.4. The van der Waals surface area contributed by atoms with Crippen molar-refractivity contribution < 1.29 is 19.1 Å². The predicted molar refractivity (Wildman–Crippen MR) is 213 cm³/mol. The minimum absolute atomic E-state index is 0.320. The highest BCUT2D eigenvalue weighted by Gasteiger charge is 2.19. The summed E-state index contributed by atoms with van der Waals surface area (Å²) in [5.41, 5.74) is 7.48. The van der Waals surface area contributed by atoms with E-state index in [2.05, 4.69) is 19.1 Å². The predicted octanol–water partition coefficient (Wildman–Crippen LogP) is 14.8. The molecule has 2 rings (SSSR count). The summed E-state index contributed by atoms with van der Waals surface area (Å²) in [6.45, 7) is 45.7. The largest absolute Gasteiger partial charge is 0.427 e. The van der Waals surface area contributed by atoms with Gasteiger partial charge in [-0.05, 0) is 112 Å². The molecule has 2 aromatic rings. The minimum Gasteiger partial charge on any atom is -0.427 e. The lowest BCUT2D eigenvalue weighted by atomic mass is 10.00. The molecule has 4 nitrogen and oxygen atoms in total. The second kappa shape index (κ2) is 37.3. The van der Waals surface area contributed by atoms with Gasteiger partial charge >= 0.3 is 11.9 Å². The molecule has 0 amide bonds. The van der Waals surface area contributed by atoms with Crippen molar-refractivity contribution in [2.75, 3.05) is 0 Å². The lowest BCUT2D eigenvalue weighted by Gasteiger charge is -2.16. The van der Waals surface area contributed by atoms with E-state index in [0.717, 1.165) is 45.4 Å². The number of rotatable bonds is 7. The van der Waals surface area contributed by atoms with Gasteiger partial charge in [-0.1, -0.05) is 123 Å². The molecule has 0 N–H and O–H groups in total. The molecule has 0 aliphatic heterocycles. The van der Waals surface area contributed by atoms with Crippen LogP contribution in [0.2, 0.25) is 0 Å². The lowest BCUT2D eigenvalue weighted by molar-refractivity contribution is 0.0612. The van der Waals surface area contributed by atoms with Gasteiger partial charge in [-0.3, -0.25) is 0 Å². The van der Waals surface area contributed by atoms with Gasteiger partial charge in [0.15, 0.2) is 0 Å². The second-order valence-electron chi connectivity index (χ2n) is 8.65. The zero-order valence-corrected chi connectivity index (χ0v) is 35.4. The average Bonchev–Trinajstić information content (AvgIpc) is 3.13. The maximum absolute atomic E-state index is 13.0. The van der Waals surface area contributed by atoms with Crippen LogP contribution in [0.4, 0.5) is 0 Å². The monoisotopic (exact) mass is 659 g/mol. The van der Waals surface area contributed by atoms with Crippen LogP contribution in [-0.4, -0.2) is 11.9 Å². The molecule has 0 radical (unpaired) electrons. The zero-order chi connectivity index (χ0) is 38.9. The van der Waals surface area contributed by atoms with Gasteiger partial charge in [0.2, 0.25) is 0 Å². The van der Waals surface area contributed by atoms with Crippen molar-refractivity contribution in [2.24, 2.45) is 0 Å². The SMILES string of the molecule is CC.CC.CC.CC.CC.CC.CC.CC/C=C(C)\C(C)=C(/CC)OC(=O)c1cc(C)cc(C(=O)Oc2c(C)c(C)cc(C)c2C)c1. The summed E-state index contributed by atoms with van der Waals surface area (Å²) in [6.07, 6.45) is 3.62. The number of carbonyl (C=O) groups is 2. The standard InChI is InChI=1S/C29H36O4.7C2H6/c1-10-12-18(4)21(7)26(11-2)32-28(30)24-13-17(3)14-25(16-24)29(31)33-27-22(8)19(5)15-20(6)23(27)9;7*1-2/h12-16H,10-11H2,1-9H3;7*1-2H3/b18-12-,26-21+;;;;;;;. The van der Waals surface area contributed by atoms with Gasteiger partial charge in [0, 0.05) is 6.42 Å². The van der Waals surface area contributed by atoms with Crippen molar-refractivity contribution in [3.8, 4) is 5.75 Å². The molecule has 4 heteroatoms. The van der Waals surface area contributed by atoms with Gasteiger partial charge in [0.1, 0.15) is 11.5 Å². The molecular weight excluding hydrogens is 580 g/mol. The fourth-order valence-electron chi connectivity index (χ4n) is 3.77. The summed E-state index contributed by atoms with van der Waals surface area (Å²) >= 11 is 0. The van der Waals surface area contributed by atoms with E-state index in [-0.39, 0.29) is 0 Å². The number of benzene rings is 2. The van der Waals surface area contributed by atoms with Crippen LogP contribution in [0.5, 0.6) is 5.75 Å². The number of allylic oxidation sites excluding steroid dienone is 4. The van der Waals surface area contributed by atoms with Crippen LogP contribution in [0, 0.1) is 34.6 Å². The third-order valence-corrected chi connectivity index (χ3v) is 6.10. The van der Waals surface area contributed by atoms with Crippen LogP contribution in [0.15, 0.2) is 47.2 Å². The summed E-state index contributed by atoms with van der Waals surface area (Å²) in [5.74, 6) is 0.239. The minimum atomic E-state index is -0.492. The lowest BCUT2D eigenvalue weighted by Crippen LogP contribution is -2.14. The number of carbonyl (C=O) groups excluding carboxylic acids is 2. The Bertz CT molecular complexity index is 1110. The third kappa shape index (κ3) is 21.4. The molecule has 0 aliphatic rings. The first-order valence-corrected chi connectivity index (χ1v) is 18.5. The van der Waals surface area contributed by atoms with Crippen molar-refractivity contribution in [3.63, 3.8) is 0 Å². The Balaban J connectivity index is -0.000000265. The number of esters is 2. The first-order valence-electron chi connectivity index (χ1n) is 18.5. The topological polar surface area (TPSA) is 52.6 Å². The molecule has 0 atom stereocenters. The van der Waals surface area contributed by atoms with Crippen LogP contribution in [0.25, 0.3) is 0 Å². The first kappa shape index (κ1) is 56.2. The molecule has 0 bridgehead atoms. The van der Waals surface area contributed by atoms with Crippen molar-refractivity contribution in [2.45, 2.75) is 172 Å². The van der Waals surface area contributed by atoms with Gasteiger partial charge < -0.3 is 9.47 Å². The third-order valence-electron chi connectivity index (χ3n) is 6.10. The summed E-state index contributed by atoms with van der Waals surface area (Å²) in [7, 11) is 0. The Morgan fingerprint density at radius 2 is 0.979 bits per heavy atom. The summed E-state index contributed by atoms with van der Waals surface area (Å²) in [6, 6.07) is 7.08.